The van der Waals surface area contributed by atoms with Gasteiger partial charge in [0.25, 0.3) is 0 Å². The maximum Gasteiger partial charge on any atom is 0.336 e. The van der Waals surface area contributed by atoms with Gasteiger partial charge < -0.3 is 20.7 Å². The van der Waals surface area contributed by atoms with E-state index in [1.165, 1.54) is 12.8 Å². The van der Waals surface area contributed by atoms with Crippen LogP contribution in [0.4, 0.5) is 5.82 Å². The number of fused-ring (bicyclic) bond motifs is 1. The Morgan fingerprint density at radius 3 is 2.88 bits per heavy atom. The molecule has 8 nitrogen and oxygen atoms in total. The van der Waals surface area contributed by atoms with Crippen molar-refractivity contribution < 1.29 is 4.74 Å². The lowest BCUT2D eigenvalue weighted by molar-refractivity contribution is 0.184. The zero-order valence-corrected chi connectivity index (χ0v) is 15.9. The molecule has 3 N–H and O–H groups in total. The van der Waals surface area contributed by atoms with Crippen LogP contribution in [-0.4, -0.2) is 64.3 Å². The predicted octanol–water partition coefficient (Wildman–Crippen LogP) is 1.36. The molecule has 3 rings (SSSR count). The van der Waals surface area contributed by atoms with Crippen LogP contribution in [-0.2, 0) is 6.42 Å². The second-order valence-corrected chi connectivity index (χ2v) is 7.06. The first-order chi connectivity index (χ1) is 12.7. The van der Waals surface area contributed by atoms with Crippen molar-refractivity contribution in [3.8, 4) is 6.01 Å². The van der Waals surface area contributed by atoms with Gasteiger partial charge in [0, 0.05) is 13.1 Å². The highest BCUT2D eigenvalue weighted by Gasteiger charge is 2.21. The number of imidazole rings is 1. The lowest BCUT2D eigenvalue weighted by Gasteiger charge is -2.31. The molecule has 0 radical (unpaired) electrons. The molecule has 8 heteroatoms. The summed E-state index contributed by atoms with van der Waals surface area (Å²) in [6, 6.07) is 0.338. The lowest BCUT2D eigenvalue weighted by atomic mass is 9.92. The monoisotopic (exact) mass is 361 g/mol. The summed E-state index contributed by atoms with van der Waals surface area (Å²) < 4.78 is 7.45. The molecule has 0 bridgehead atoms. The Morgan fingerprint density at radius 1 is 1.35 bits per heavy atom. The van der Waals surface area contributed by atoms with Crippen molar-refractivity contribution in [3.05, 3.63) is 11.9 Å². The Kier molecular flexibility index (Phi) is 6.62. The van der Waals surface area contributed by atoms with Crippen molar-refractivity contribution in [2.45, 2.75) is 39.0 Å². The minimum atomic E-state index is 0.338. The van der Waals surface area contributed by atoms with Crippen LogP contribution in [0.5, 0.6) is 6.01 Å². The van der Waals surface area contributed by atoms with Crippen LogP contribution >= 0.6 is 0 Å². The maximum atomic E-state index is 6.05. The van der Waals surface area contributed by atoms with E-state index in [-0.39, 0.29) is 0 Å². The second-order valence-electron chi connectivity index (χ2n) is 7.06. The molecule has 26 heavy (non-hydrogen) atoms. The van der Waals surface area contributed by atoms with Gasteiger partial charge in [-0.15, -0.1) is 5.10 Å². The van der Waals surface area contributed by atoms with Gasteiger partial charge in [0.2, 0.25) is 0 Å². The van der Waals surface area contributed by atoms with Gasteiger partial charge in [-0.3, -0.25) is 0 Å². The number of piperidine rings is 1. The third kappa shape index (κ3) is 4.62. The molecule has 0 aliphatic carbocycles. The second kappa shape index (κ2) is 9.14. The van der Waals surface area contributed by atoms with Gasteiger partial charge in [0.1, 0.15) is 0 Å². The number of hydrogen-bond acceptors (Lipinski definition) is 7. The number of nitrogens with two attached hydrogens (primary N) is 1. The number of rotatable bonds is 9. The number of likely N-dealkylation sites (tertiary alicyclic amines) is 1. The summed E-state index contributed by atoms with van der Waals surface area (Å²) in [5, 5.41) is 7.73. The summed E-state index contributed by atoms with van der Waals surface area (Å²) in [7, 11) is 2.01. The fraction of sp³-hybridized carbons (Fsp3) is 0.722. The normalized spacial score (nSPS) is 16.4. The van der Waals surface area contributed by atoms with E-state index >= 15 is 0 Å². The first-order valence-electron chi connectivity index (χ1n) is 9.71. The molecular formula is C18H31N7O. The van der Waals surface area contributed by atoms with E-state index in [1.807, 2.05) is 17.8 Å². The third-order valence-corrected chi connectivity index (χ3v) is 5.05. The zero-order valence-electron chi connectivity index (χ0n) is 15.9. The van der Waals surface area contributed by atoms with Gasteiger partial charge in [-0.05, 0) is 51.7 Å². The van der Waals surface area contributed by atoms with Crippen LogP contribution < -0.4 is 15.8 Å². The molecule has 144 valence electrons. The van der Waals surface area contributed by atoms with Crippen molar-refractivity contribution in [2.75, 3.05) is 45.6 Å². The minimum Gasteiger partial charge on any atom is -0.462 e. The summed E-state index contributed by atoms with van der Waals surface area (Å²) in [4.78, 5) is 11.2. The smallest absolute Gasteiger partial charge is 0.336 e. The molecule has 0 amide bonds. The third-order valence-electron chi connectivity index (χ3n) is 5.05. The first kappa shape index (κ1) is 18.8. The van der Waals surface area contributed by atoms with E-state index in [0.29, 0.717) is 30.0 Å². The zero-order chi connectivity index (χ0) is 18.4. The number of likely N-dealkylation sites (N-methyl/N-ethyl adjacent to an activating group) is 1. The maximum absolute atomic E-state index is 6.05. The number of nitrogens with zero attached hydrogens (tertiary/aromatic N) is 5. The summed E-state index contributed by atoms with van der Waals surface area (Å²) in [5.41, 5.74) is 7.75. The Labute approximate surface area is 155 Å². The van der Waals surface area contributed by atoms with Gasteiger partial charge >= 0.3 is 6.01 Å². The van der Waals surface area contributed by atoms with E-state index in [9.17, 15) is 0 Å². The van der Waals surface area contributed by atoms with E-state index in [2.05, 4.69) is 32.2 Å². The Morgan fingerprint density at radius 2 is 2.15 bits per heavy atom. The largest absolute Gasteiger partial charge is 0.462 e. The average Bonchev–Trinajstić information content (AvgIpc) is 3.05. The molecule has 3 heterocycles. The summed E-state index contributed by atoms with van der Waals surface area (Å²) in [6.07, 6.45) is 7.30. The number of nitrogens with one attached hydrogen (secondary N) is 1. The van der Waals surface area contributed by atoms with Gasteiger partial charge in [-0.2, -0.15) is 4.98 Å². The fourth-order valence-corrected chi connectivity index (χ4v) is 3.42. The van der Waals surface area contributed by atoms with Crippen molar-refractivity contribution >= 4 is 11.5 Å². The minimum absolute atomic E-state index is 0.338. The molecule has 0 unspecified atom stereocenters. The average molecular weight is 361 g/mol. The van der Waals surface area contributed by atoms with E-state index in [0.717, 1.165) is 51.1 Å². The highest BCUT2D eigenvalue weighted by molar-refractivity contribution is 5.59. The van der Waals surface area contributed by atoms with Gasteiger partial charge in [-0.1, -0.05) is 13.3 Å². The number of hydrogen-bond donors (Lipinski definition) is 2. The summed E-state index contributed by atoms with van der Waals surface area (Å²) >= 11 is 0. The molecule has 1 aliphatic heterocycles. The van der Waals surface area contributed by atoms with Crippen LogP contribution in [0.1, 0.15) is 38.3 Å². The molecule has 1 aliphatic rings. The number of ether oxygens (including phenoxy) is 1. The molecule has 0 atom stereocenters. The van der Waals surface area contributed by atoms with Gasteiger partial charge in [-0.25, -0.2) is 9.50 Å². The first-order valence-corrected chi connectivity index (χ1v) is 9.71. The SMILES string of the molecule is CCCCOc1nc(N)c2ncc(CC3CCN(CCNC)CC3)n2n1. The van der Waals surface area contributed by atoms with Crippen LogP contribution in [0, 0.1) is 5.92 Å². The molecule has 0 spiro atoms. The van der Waals surface area contributed by atoms with Gasteiger partial charge in [0.05, 0.1) is 18.5 Å². The predicted molar refractivity (Wildman–Crippen MR) is 102 cm³/mol. The molecular weight excluding hydrogens is 330 g/mol. The van der Waals surface area contributed by atoms with Crippen molar-refractivity contribution in [2.24, 2.45) is 5.92 Å². The molecule has 2 aromatic heterocycles. The molecule has 1 saturated heterocycles. The number of unbranched alkanes of at least 4 members (excludes halogenated alkanes) is 1. The molecule has 1 fully saturated rings. The number of anilines is 1. The van der Waals surface area contributed by atoms with Crippen molar-refractivity contribution in [3.63, 3.8) is 0 Å². The topological polar surface area (TPSA) is 93.6 Å². The lowest BCUT2D eigenvalue weighted by Crippen LogP contribution is -2.38. The van der Waals surface area contributed by atoms with Crippen molar-refractivity contribution in [1.29, 1.82) is 0 Å². The standard InChI is InChI=1S/C18H31N7O/c1-3-4-11-26-18-22-16(19)17-21-13-15(25(17)23-18)12-14-5-8-24(9-6-14)10-7-20-2/h13-14,20H,3-12H2,1-2H3,(H2,19,22,23). The molecule has 0 aromatic carbocycles. The van der Waals surface area contributed by atoms with E-state index in [4.69, 9.17) is 10.5 Å². The number of aromatic nitrogens is 4. The Bertz CT molecular complexity index is 694. The Hall–Kier alpha value is -1.93. The fourth-order valence-electron chi connectivity index (χ4n) is 3.42. The Balaban J connectivity index is 1.64. The van der Waals surface area contributed by atoms with E-state index in [1.54, 1.807) is 0 Å². The van der Waals surface area contributed by atoms with Crippen LogP contribution in [0.2, 0.25) is 0 Å². The van der Waals surface area contributed by atoms with Crippen LogP contribution in [0.15, 0.2) is 6.20 Å². The van der Waals surface area contributed by atoms with Crippen LogP contribution in [0.25, 0.3) is 5.65 Å². The highest BCUT2D eigenvalue weighted by atomic mass is 16.5. The quantitative estimate of drug-likeness (QED) is 0.651. The van der Waals surface area contributed by atoms with E-state index < -0.39 is 0 Å². The molecule has 0 saturated carbocycles. The highest BCUT2D eigenvalue weighted by Crippen LogP contribution is 2.23. The van der Waals surface area contributed by atoms with Crippen molar-refractivity contribution in [1.82, 2.24) is 29.8 Å². The molecule has 2 aromatic rings. The van der Waals surface area contributed by atoms with Crippen LogP contribution in [0.3, 0.4) is 0 Å². The van der Waals surface area contributed by atoms with Gasteiger partial charge in [0.15, 0.2) is 11.5 Å². The summed E-state index contributed by atoms with van der Waals surface area (Å²) in [5.74, 6) is 1.03. The summed E-state index contributed by atoms with van der Waals surface area (Å²) in [6.45, 7) is 7.23. The number of nitrogen functional groups attached to an aromatic ring is 1.